The molecule has 1 aliphatic heterocycles. The Kier molecular flexibility index (Phi) is 7.67. The van der Waals surface area contributed by atoms with Gasteiger partial charge in [-0.05, 0) is 61.7 Å². The van der Waals surface area contributed by atoms with Crippen molar-refractivity contribution in [1.82, 2.24) is 14.9 Å². The van der Waals surface area contributed by atoms with Crippen molar-refractivity contribution in [2.45, 2.75) is 44.6 Å². The Bertz CT molecular complexity index is 1160. The molecule has 1 aliphatic carbocycles. The third-order valence-electron chi connectivity index (χ3n) is 6.66. The molecule has 1 saturated heterocycles. The largest absolute Gasteiger partial charge is 0.492 e. The second-order valence-corrected chi connectivity index (χ2v) is 9.12. The summed E-state index contributed by atoms with van der Waals surface area (Å²) in [6.45, 7) is 6.02. The molecule has 4 rings (SSSR count). The second-order valence-electron chi connectivity index (χ2n) is 9.12. The van der Waals surface area contributed by atoms with E-state index < -0.39 is 5.82 Å². The molecule has 0 unspecified atom stereocenters. The van der Waals surface area contributed by atoms with Crippen LogP contribution in [0.4, 0.5) is 4.39 Å². The summed E-state index contributed by atoms with van der Waals surface area (Å²) in [4.78, 5) is 16.1. The number of nitrogens with two attached hydrogens (primary N) is 1. The number of allylic oxidation sites excluding steroid dienone is 1. The summed E-state index contributed by atoms with van der Waals surface area (Å²) in [7, 11) is 1.60. The molecule has 8 heteroatoms. The van der Waals surface area contributed by atoms with Crippen LogP contribution in [-0.2, 0) is 11.8 Å². The fourth-order valence-corrected chi connectivity index (χ4v) is 4.70. The van der Waals surface area contributed by atoms with Crippen LogP contribution in [0.5, 0.6) is 5.75 Å². The smallest absolute Gasteiger partial charge is 0.250 e. The van der Waals surface area contributed by atoms with Crippen LogP contribution in [0.15, 0.2) is 58.9 Å². The molecular formula is C26H33FN4O3. The van der Waals surface area contributed by atoms with Crippen molar-refractivity contribution in [3.63, 3.8) is 0 Å². The summed E-state index contributed by atoms with van der Waals surface area (Å²) in [5.74, 6) is 0.648. The van der Waals surface area contributed by atoms with Gasteiger partial charge in [0.05, 0.1) is 24.9 Å². The molecule has 0 spiro atoms. The van der Waals surface area contributed by atoms with Crippen LogP contribution < -0.4 is 21.3 Å². The van der Waals surface area contributed by atoms with E-state index in [0.717, 1.165) is 68.2 Å². The number of aromatic nitrogens is 2. The van der Waals surface area contributed by atoms with Gasteiger partial charge >= 0.3 is 0 Å². The molecule has 3 N–H and O–H groups in total. The van der Waals surface area contributed by atoms with Gasteiger partial charge in [-0.15, -0.1) is 0 Å². The summed E-state index contributed by atoms with van der Waals surface area (Å²) in [6.07, 6.45) is 10.7. The van der Waals surface area contributed by atoms with Gasteiger partial charge in [0.1, 0.15) is 11.3 Å². The SMILES string of the molecule is C=C(/C=C1/CCCO/C1=C/N)CN[C@H]1CC[C@H](COc2c(F)cnc3ccc(=O)n(C)c23)CC1. The van der Waals surface area contributed by atoms with E-state index in [2.05, 4.69) is 23.0 Å². The number of hydrogen-bond acceptors (Lipinski definition) is 6. The topological polar surface area (TPSA) is 91.4 Å². The molecule has 7 nitrogen and oxygen atoms in total. The molecule has 0 atom stereocenters. The van der Waals surface area contributed by atoms with Gasteiger partial charge in [0.15, 0.2) is 11.6 Å². The van der Waals surface area contributed by atoms with Gasteiger partial charge < -0.3 is 25.1 Å². The minimum atomic E-state index is -0.548. The molecule has 1 saturated carbocycles. The Morgan fingerprint density at radius 1 is 1.38 bits per heavy atom. The van der Waals surface area contributed by atoms with Crippen molar-refractivity contribution in [2.75, 3.05) is 19.8 Å². The Morgan fingerprint density at radius 2 is 2.18 bits per heavy atom. The van der Waals surface area contributed by atoms with E-state index in [1.807, 2.05) is 0 Å². The molecule has 0 radical (unpaired) electrons. The number of ether oxygens (including phenoxy) is 2. The minimum absolute atomic E-state index is 0.104. The molecule has 182 valence electrons. The van der Waals surface area contributed by atoms with Gasteiger partial charge in [-0.1, -0.05) is 12.7 Å². The van der Waals surface area contributed by atoms with Gasteiger partial charge in [-0.2, -0.15) is 0 Å². The van der Waals surface area contributed by atoms with E-state index >= 15 is 0 Å². The quantitative estimate of drug-likeness (QED) is 0.644. The van der Waals surface area contributed by atoms with Crippen LogP contribution in [0, 0.1) is 11.7 Å². The maximum atomic E-state index is 14.5. The van der Waals surface area contributed by atoms with Crippen molar-refractivity contribution in [1.29, 1.82) is 0 Å². The maximum Gasteiger partial charge on any atom is 0.250 e. The Hall–Kier alpha value is -3.13. The number of hydrogen-bond donors (Lipinski definition) is 2. The molecule has 2 aromatic heterocycles. The Balaban J connectivity index is 1.27. The molecular weight excluding hydrogens is 435 g/mol. The molecule has 2 aliphatic rings. The predicted octanol–water partition coefficient (Wildman–Crippen LogP) is 3.69. The van der Waals surface area contributed by atoms with Crippen molar-refractivity contribution in [3.05, 3.63) is 70.3 Å². The van der Waals surface area contributed by atoms with Crippen LogP contribution in [0.3, 0.4) is 0 Å². The van der Waals surface area contributed by atoms with Gasteiger partial charge in [0, 0.05) is 31.9 Å². The number of rotatable bonds is 7. The summed E-state index contributed by atoms with van der Waals surface area (Å²) in [6, 6.07) is 3.43. The Morgan fingerprint density at radius 3 is 2.94 bits per heavy atom. The molecule has 0 aromatic carbocycles. The zero-order valence-electron chi connectivity index (χ0n) is 19.7. The molecule has 34 heavy (non-hydrogen) atoms. The van der Waals surface area contributed by atoms with Crippen molar-refractivity contribution >= 4 is 11.0 Å². The minimum Gasteiger partial charge on any atom is -0.492 e. The van der Waals surface area contributed by atoms with E-state index in [9.17, 15) is 9.18 Å². The van der Waals surface area contributed by atoms with E-state index in [1.165, 1.54) is 16.8 Å². The summed E-state index contributed by atoms with van der Waals surface area (Å²) < 4.78 is 27.4. The van der Waals surface area contributed by atoms with Crippen molar-refractivity contribution < 1.29 is 13.9 Å². The maximum absolute atomic E-state index is 14.5. The lowest BCUT2D eigenvalue weighted by Crippen LogP contribution is -2.35. The van der Waals surface area contributed by atoms with Crippen molar-refractivity contribution in [2.24, 2.45) is 18.7 Å². The predicted molar refractivity (Wildman–Crippen MR) is 131 cm³/mol. The first kappa shape index (κ1) is 24.0. The summed E-state index contributed by atoms with van der Waals surface area (Å²) in [5.41, 5.74) is 8.49. The molecule has 0 bridgehead atoms. The highest BCUT2D eigenvalue weighted by molar-refractivity contribution is 5.81. The number of pyridine rings is 2. The highest BCUT2D eigenvalue weighted by Crippen LogP contribution is 2.30. The highest BCUT2D eigenvalue weighted by atomic mass is 19.1. The normalized spacial score (nSPS) is 23.2. The zero-order chi connectivity index (χ0) is 24.1. The van der Waals surface area contributed by atoms with E-state index in [4.69, 9.17) is 15.2 Å². The van der Waals surface area contributed by atoms with Crippen molar-refractivity contribution in [3.8, 4) is 5.75 Å². The van der Waals surface area contributed by atoms with Gasteiger partial charge in [-0.25, -0.2) is 4.39 Å². The van der Waals surface area contributed by atoms with Gasteiger partial charge in [0.2, 0.25) is 0 Å². The third kappa shape index (κ3) is 5.50. The molecule has 3 heterocycles. The first-order chi connectivity index (χ1) is 16.5. The summed E-state index contributed by atoms with van der Waals surface area (Å²) >= 11 is 0. The standard InChI is InChI=1S/C26H33FN4O3/c1-17(12-19-4-3-11-33-23(19)13-28)14-29-20-7-5-18(6-8-20)16-34-26-21(27)15-30-22-9-10-24(32)31(2)25(22)26/h9-10,12-13,15,18,20,29H,1,3-8,11,14,16,28H2,2H3/b19-12-,23-13+/t18-,20-. The number of aryl methyl sites for hydroxylation is 1. The van der Waals surface area contributed by atoms with Gasteiger partial charge in [0.25, 0.3) is 5.56 Å². The van der Waals surface area contributed by atoms with E-state index in [1.54, 1.807) is 13.1 Å². The monoisotopic (exact) mass is 468 g/mol. The van der Waals surface area contributed by atoms with E-state index in [-0.39, 0.29) is 11.3 Å². The van der Waals surface area contributed by atoms with Crippen LogP contribution >= 0.6 is 0 Å². The average Bonchev–Trinajstić information content (AvgIpc) is 2.85. The van der Waals surface area contributed by atoms with Crippen LogP contribution in [0.25, 0.3) is 11.0 Å². The first-order valence-electron chi connectivity index (χ1n) is 11.9. The van der Waals surface area contributed by atoms with Crippen LogP contribution in [0.2, 0.25) is 0 Å². The number of fused-ring (bicyclic) bond motifs is 1. The third-order valence-corrected chi connectivity index (χ3v) is 6.66. The number of nitrogens with zero attached hydrogens (tertiary/aromatic N) is 2. The fourth-order valence-electron chi connectivity index (χ4n) is 4.70. The highest BCUT2D eigenvalue weighted by Gasteiger charge is 2.23. The number of nitrogens with one attached hydrogen (secondary N) is 1. The summed E-state index contributed by atoms with van der Waals surface area (Å²) in [5, 5.41) is 3.60. The first-order valence-corrected chi connectivity index (χ1v) is 11.9. The lowest BCUT2D eigenvalue weighted by molar-refractivity contribution is 0.188. The average molecular weight is 469 g/mol. The van der Waals surface area contributed by atoms with Crippen LogP contribution in [-0.4, -0.2) is 35.4 Å². The lowest BCUT2D eigenvalue weighted by Gasteiger charge is -2.29. The molecule has 2 fully saturated rings. The molecule has 2 aromatic rings. The number of halogens is 1. The van der Waals surface area contributed by atoms with Gasteiger partial charge in [-0.3, -0.25) is 9.78 Å². The molecule has 0 amide bonds. The fraction of sp³-hybridized carbons (Fsp3) is 0.462. The van der Waals surface area contributed by atoms with Crippen LogP contribution in [0.1, 0.15) is 38.5 Å². The Labute approximate surface area is 199 Å². The lowest BCUT2D eigenvalue weighted by atomic mass is 9.86. The zero-order valence-corrected chi connectivity index (χ0v) is 19.7. The second kappa shape index (κ2) is 10.9. The van der Waals surface area contributed by atoms with E-state index in [0.29, 0.717) is 36.2 Å².